The Morgan fingerprint density at radius 1 is 1.30 bits per heavy atom. The molecule has 1 aliphatic heterocycles. The van der Waals surface area contributed by atoms with E-state index in [2.05, 4.69) is 20.6 Å². The first-order chi connectivity index (χ1) is 14.2. The van der Waals surface area contributed by atoms with Crippen molar-refractivity contribution in [2.24, 2.45) is 5.16 Å². The van der Waals surface area contributed by atoms with Gasteiger partial charge in [0.15, 0.2) is 5.84 Å². The first-order valence-electron chi connectivity index (χ1n) is 8.42. The van der Waals surface area contributed by atoms with Gasteiger partial charge in [0.05, 0.1) is 0 Å². The fourth-order valence-corrected chi connectivity index (χ4v) is 2.51. The number of oxime groups is 1. The molecule has 0 bridgehead atoms. The van der Waals surface area contributed by atoms with Gasteiger partial charge in [0, 0.05) is 11.3 Å². The summed E-state index contributed by atoms with van der Waals surface area (Å²) in [4.78, 5) is 17.3. The standard InChI is InChI=1S/C18H15ClF4N4O3/c1-10-8-13(30-18(22,23)16(19)21)6-7-14(10)24-17(28)25-27-9-29-26-15(27)11-2-4-12(20)5-3-11/h2-8,16H,9H2,1H3,(H2,24,25,28). The molecular weight excluding hydrogens is 432 g/mol. The molecule has 0 saturated heterocycles. The van der Waals surface area contributed by atoms with Crippen LogP contribution in [-0.4, -0.2) is 35.3 Å². The average molecular weight is 447 g/mol. The van der Waals surface area contributed by atoms with Gasteiger partial charge in [-0.2, -0.15) is 8.78 Å². The number of hydrogen-bond acceptors (Lipinski definition) is 5. The minimum Gasteiger partial charge on any atom is -0.429 e. The summed E-state index contributed by atoms with van der Waals surface area (Å²) in [6.45, 7) is 1.45. The number of urea groups is 1. The normalized spacial score (nSPS) is 14.6. The van der Waals surface area contributed by atoms with E-state index in [-0.39, 0.29) is 24.0 Å². The lowest BCUT2D eigenvalue weighted by molar-refractivity contribution is -0.199. The molecule has 0 aromatic heterocycles. The maximum Gasteiger partial charge on any atom is 0.444 e. The van der Waals surface area contributed by atoms with Gasteiger partial charge in [0.2, 0.25) is 6.73 Å². The lowest BCUT2D eigenvalue weighted by Gasteiger charge is -2.20. The van der Waals surface area contributed by atoms with Gasteiger partial charge in [-0.3, -0.25) is 0 Å². The zero-order valence-electron chi connectivity index (χ0n) is 15.3. The van der Waals surface area contributed by atoms with Gasteiger partial charge in [0.1, 0.15) is 11.6 Å². The molecule has 0 saturated carbocycles. The predicted molar refractivity (Wildman–Crippen MR) is 100 cm³/mol. The van der Waals surface area contributed by atoms with Crippen molar-refractivity contribution >= 4 is 29.2 Å². The van der Waals surface area contributed by atoms with E-state index >= 15 is 0 Å². The summed E-state index contributed by atoms with van der Waals surface area (Å²) in [5.74, 6) is -0.496. The molecule has 1 unspecified atom stereocenters. The number of carbonyl (C=O) groups is 1. The van der Waals surface area contributed by atoms with E-state index in [1.54, 1.807) is 0 Å². The van der Waals surface area contributed by atoms with E-state index in [0.29, 0.717) is 11.1 Å². The van der Waals surface area contributed by atoms with Gasteiger partial charge < -0.3 is 14.9 Å². The van der Waals surface area contributed by atoms with Gasteiger partial charge in [-0.05, 0) is 55.0 Å². The van der Waals surface area contributed by atoms with Crippen molar-refractivity contribution in [1.29, 1.82) is 0 Å². The van der Waals surface area contributed by atoms with Crippen LogP contribution in [0.1, 0.15) is 11.1 Å². The van der Waals surface area contributed by atoms with Crippen LogP contribution in [0, 0.1) is 12.7 Å². The highest BCUT2D eigenvalue weighted by molar-refractivity contribution is 6.20. The van der Waals surface area contributed by atoms with Crippen LogP contribution in [0.3, 0.4) is 0 Å². The van der Waals surface area contributed by atoms with E-state index in [1.165, 1.54) is 48.3 Å². The van der Waals surface area contributed by atoms with Crippen LogP contribution in [0.5, 0.6) is 5.75 Å². The smallest absolute Gasteiger partial charge is 0.429 e. The number of hydrazine groups is 1. The lowest BCUT2D eigenvalue weighted by atomic mass is 10.2. The first-order valence-corrected chi connectivity index (χ1v) is 8.86. The van der Waals surface area contributed by atoms with Crippen LogP contribution in [0.2, 0.25) is 0 Å². The fourth-order valence-electron chi connectivity index (χ4n) is 2.47. The second-order valence-corrected chi connectivity index (χ2v) is 6.50. The highest BCUT2D eigenvalue weighted by Gasteiger charge is 2.42. The van der Waals surface area contributed by atoms with Crippen LogP contribution in [0.4, 0.5) is 28.0 Å². The zero-order valence-corrected chi connectivity index (χ0v) is 16.1. The number of carbonyl (C=O) groups excluding carboxylic acids is 1. The van der Waals surface area contributed by atoms with E-state index in [0.717, 1.165) is 6.07 Å². The summed E-state index contributed by atoms with van der Waals surface area (Å²) in [5, 5.41) is 7.62. The molecule has 12 heteroatoms. The summed E-state index contributed by atoms with van der Waals surface area (Å²) in [5.41, 5.74) is 0.653. The maximum atomic E-state index is 13.2. The lowest BCUT2D eigenvalue weighted by Crippen LogP contribution is -2.46. The second-order valence-electron chi connectivity index (χ2n) is 6.12. The summed E-state index contributed by atoms with van der Waals surface area (Å²) in [6, 6.07) is 8.35. The third-order valence-corrected chi connectivity index (χ3v) is 4.14. The van der Waals surface area contributed by atoms with Gasteiger partial charge in [-0.15, -0.1) is 0 Å². The molecule has 3 rings (SSSR count). The number of nitrogens with zero attached hydrogens (tertiary/aromatic N) is 2. The largest absolute Gasteiger partial charge is 0.444 e. The van der Waals surface area contributed by atoms with Gasteiger partial charge in [0.25, 0.3) is 5.63 Å². The number of alkyl halides is 4. The molecule has 0 aliphatic carbocycles. The molecular formula is C18H15ClF4N4O3. The molecule has 160 valence electrons. The Morgan fingerprint density at radius 3 is 2.63 bits per heavy atom. The van der Waals surface area contributed by atoms with Crippen molar-refractivity contribution in [2.45, 2.75) is 18.7 Å². The molecule has 1 atom stereocenters. The van der Waals surface area contributed by atoms with Crippen molar-refractivity contribution in [3.63, 3.8) is 0 Å². The first kappa shape index (κ1) is 21.5. The Morgan fingerprint density at radius 2 is 2.00 bits per heavy atom. The molecule has 2 aromatic rings. The number of nitrogens with one attached hydrogen (secondary N) is 2. The predicted octanol–water partition coefficient (Wildman–Crippen LogP) is 4.33. The Kier molecular flexibility index (Phi) is 6.20. The minimum atomic E-state index is -4.20. The number of ether oxygens (including phenoxy) is 1. The van der Waals surface area contributed by atoms with Crippen molar-refractivity contribution in [3.8, 4) is 5.75 Å². The average Bonchev–Trinajstić information content (AvgIpc) is 3.12. The molecule has 2 amide bonds. The Labute approximate surface area is 173 Å². The zero-order chi connectivity index (χ0) is 21.9. The Bertz CT molecular complexity index is 957. The molecule has 0 spiro atoms. The van der Waals surface area contributed by atoms with Crippen molar-refractivity contribution in [2.75, 3.05) is 12.0 Å². The fraction of sp³-hybridized carbons (Fsp3) is 0.222. The Hall–Kier alpha value is -3.21. The SMILES string of the molecule is Cc1cc(OC(F)(F)C(F)Cl)ccc1NC(=O)NN1CON=C1c1ccc(F)cc1. The molecule has 0 fully saturated rings. The second kappa shape index (κ2) is 8.66. The van der Waals surface area contributed by atoms with Crippen molar-refractivity contribution in [3.05, 3.63) is 59.4 Å². The highest BCUT2D eigenvalue weighted by atomic mass is 35.5. The minimum absolute atomic E-state index is 0.0796. The van der Waals surface area contributed by atoms with Crippen LogP contribution < -0.4 is 15.5 Å². The third-order valence-electron chi connectivity index (χ3n) is 3.89. The molecule has 1 aliphatic rings. The number of amides is 2. The third kappa shape index (κ3) is 5.03. The van der Waals surface area contributed by atoms with E-state index in [9.17, 15) is 22.4 Å². The van der Waals surface area contributed by atoms with E-state index in [1.807, 2.05) is 0 Å². The number of rotatable bonds is 6. The number of halogens is 5. The van der Waals surface area contributed by atoms with E-state index < -0.39 is 23.6 Å². The monoisotopic (exact) mass is 446 g/mol. The van der Waals surface area contributed by atoms with Gasteiger partial charge in [-0.25, -0.2) is 24.0 Å². The summed E-state index contributed by atoms with van der Waals surface area (Å²) in [7, 11) is 0. The number of hydrogen-bond donors (Lipinski definition) is 2. The summed E-state index contributed by atoms with van der Waals surface area (Å²) in [6.07, 6.45) is -4.20. The quantitative estimate of drug-likeness (QED) is 0.511. The number of aryl methyl sites for hydroxylation is 1. The van der Waals surface area contributed by atoms with Crippen molar-refractivity contribution in [1.82, 2.24) is 10.4 Å². The topological polar surface area (TPSA) is 75.2 Å². The van der Waals surface area contributed by atoms with Crippen LogP contribution in [0.25, 0.3) is 0 Å². The maximum absolute atomic E-state index is 13.2. The molecule has 1 heterocycles. The highest BCUT2D eigenvalue weighted by Crippen LogP contribution is 2.30. The molecule has 7 nitrogen and oxygen atoms in total. The summed E-state index contributed by atoms with van der Waals surface area (Å²) < 4.78 is 56.5. The number of anilines is 1. The number of benzene rings is 2. The molecule has 0 radical (unpaired) electrons. The van der Waals surface area contributed by atoms with Crippen LogP contribution in [-0.2, 0) is 4.84 Å². The van der Waals surface area contributed by atoms with Gasteiger partial charge in [-0.1, -0.05) is 16.8 Å². The van der Waals surface area contributed by atoms with Crippen molar-refractivity contribution < 1.29 is 31.9 Å². The van der Waals surface area contributed by atoms with E-state index in [4.69, 9.17) is 16.4 Å². The van der Waals surface area contributed by atoms with Gasteiger partial charge >= 0.3 is 12.1 Å². The summed E-state index contributed by atoms with van der Waals surface area (Å²) >= 11 is 4.75. The Balaban J connectivity index is 1.63. The molecule has 30 heavy (non-hydrogen) atoms. The van der Waals surface area contributed by atoms with Crippen LogP contribution >= 0.6 is 11.6 Å². The molecule has 2 aromatic carbocycles. The van der Waals surface area contributed by atoms with Crippen LogP contribution in [0.15, 0.2) is 47.6 Å². The molecule has 2 N–H and O–H groups in total. The number of amidine groups is 1.